The zero-order chi connectivity index (χ0) is 12.7. The largest absolute Gasteiger partial charge is 0.382 e. The Labute approximate surface area is 108 Å². The van der Waals surface area contributed by atoms with Crippen LogP contribution in [0.5, 0.6) is 0 Å². The van der Waals surface area contributed by atoms with E-state index in [1.54, 1.807) is 0 Å². The lowest BCUT2D eigenvalue weighted by molar-refractivity contribution is 0.0839. The minimum atomic E-state index is 0.376. The third-order valence-electron chi connectivity index (χ3n) is 4.19. The quantitative estimate of drug-likeness (QED) is 0.735. The minimum Gasteiger partial charge on any atom is -0.382 e. The second kappa shape index (κ2) is 8.10. The molecule has 1 N–H and O–H groups in total. The average Bonchev–Trinajstić information content (AvgIpc) is 2.34. The fourth-order valence-electron chi connectivity index (χ4n) is 3.07. The summed E-state index contributed by atoms with van der Waals surface area (Å²) >= 11 is 0. The molecule has 1 rings (SSSR count). The van der Waals surface area contributed by atoms with E-state index in [-0.39, 0.29) is 0 Å². The number of ether oxygens (including phenoxy) is 1. The molecule has 102 valence electrons. The van der Waals surface area contributed by atoms with Gasteiger partial charge in [0.25, 0.3) is 0 Å². The molecule has 0 spiro atoms. The molecule has 0 radical (unpaired) electrons. The Morgan fingerprint density at radius 1 is 1.35 bits per heavy atom. The van der Waals surface area contributed by atoms with E-state index in [0.717, 1.165) is 24.8 Å². The highest BCUT2D eigenvalue weighted by atomic mass is 16.5. The summed E-state index contributed by atoms with van der Waals surface area (Å²) in [5, 5.41) is 3.74. The molecule has 0 saturated heterocycles. The first-order chi connectivity index (χ1) is 8.17. The molecular formula is C15H31NO. The zero-order valence-corrected chi connectivity index (χ0v) is 12.2. The molecule has 1 fully saturated rings. The maximum atomic E-state index is 5.44. The predicted molar refractivity (Wildman–Crippen MR) is 74.3 cm³/mol. The van der Waals surface area contributed by atoms with E-state index in [0.29, 0.717) is 12.1 Å². The highest BCUT2D eigenvalue weighted by molar-refractivity contribution is 4.82. The minimum absolute atomic E-state index is 0.376. The molecule has 1 saturated carbocycles. The molecule has 0 amide bonds. The van der Waals surface area contributed by atoms with Crippen molar-refractivity contribution in [2.24, 2.45) is 11.8 Å². The summed E-state index contributed by atoms with van der Waals surface area (Å²) < 4.78 is 5.44. The van der Waals surface area contributed by atoms with Crippen LogP contribution in [0.4, 0.5) is 0 Å². The molecule has 0 aliphatic heterocycles. The highest BCUT2D eigenvalue weighted by Gasteiger charge is 2.27. The third kappa shape index (κ3) is 5.39. The molecule has 4 atom stereocenters. The van der Waals surface area contributed by atoms with Crippen LogP contribution in [-0.4, -0.2) is 25.8 Å². The maximum Gasteiger partial charge on any atom is 0.0558 e. The van der Waals surface area contributed by atoms with Crippen molar-refractivity contribution in [1.82, 2.24) is 5.32 Å². The zero-order valence-electron chi connectivity index (χ0n) is 12.2. The first-order valence-corrected chi connectivity index (χ1v) is 7.43. The topological polar surface area (TPSA) is 21.3 Å². The van der Waals surface area contributed by atoms with Gasteiger partial charge in [0.2, 0.25) is 0 Å². The van der Waals surface area contributed by atoms with Crippen LogP contribution < -0.4 is 5.32 Å². The van der Waals surface area contributed by atoms with Crippen LogP contribution >= 0.6 is 0 Å². The van der Waals surface area contributed by atoms with E-state index in [4.69, 9.17) is 4.74 Å². The summed E-state index contributed by atoms with van der Waals surface area (Å²) in [5.41, 5.74) is 0. The van der Waals surface area contributed by atoms with Gasteiger partial charge in [-0.05, 0) is 51.0 Å². The SMILES string of the molecule is CCCNC(CC(C)OC)C1CCCC(C)C1. The number of hydrogen-bond acceptors (Lipinski definition) is 2. The summed E-state index contributed by atoms with van der Waals surface area (Å²) in [6.45, 7) is 7.98. The standard InChI is InChI=1S/C15H31NO/c1-5-9-16-15(11-13(3)17-4)14-8-6-7-12(2)10-14/h12-16H,5-11H2,1-4H3. The molecule has 0 heterocycles. The first kappa shape index (κ1) is 15.0. The molecular weight excluding hydrogens is 210 g/mol. The molecule has 0 aromatic heterocycles. The van der Waals surface area contributed by atoms with Gasteiger partial charge in [0, 0.05) is 13.2 Å². The van der Waals surface area contributed by atoms with Gasteiger partial charge in [-0.15, -0.1) is 0 Å². The average molecular weight is 241 g/mol. The number of rotatable bonds is 7. The normalized spacial score (nSPS) is 28.9. The van der Waals surface area contributed by atoms with E-state index in [9.17, 15) is 0 Å². The molecule has 1 aliphatic rings. The van der Waals surface area contributed by atoms with Gasteiger partial charge in [-0.2, -0.15) is 0 Å². The Bertz CT molecular complexity index is 195. The fraction of sp³-hybridized carbons (Fsp3) is 1.00. The lowest BCUT2D eigenvalue weighted by atomic mass is 9.77. The van der Waals surface area contributed by atoms with E-state index in [1.165, 1.54) is 32.1 Å². The Balaban J connectivity index is 2.47. The van der Waals surface area contributed by atoms with Gasteiger partial charge in [-0.1, -0.05) is 26.7 Å². The van der Waals surface area contributed by atoms with Gasteiger partial charge in [-0.3, -0.25) is 0 Å². The second-order valence-corrected chi connectivity index (χ2v) is 5.87. The van der Waals surface area contributed by atoms with Crippen molar-refractivity contribution >= 4 is 0 Å². The van der Waals surface area contributed by atoms with Crippen molar-refractivity contribution < 1.29 is 4.74 Å². The number of hydrogen-bond donors (Lipinski definition) is 1. The van der Waals surface area contributed by atoms with Crippen LogP contribution in [-0.2, 0) is 4.74 Å². The van der Waals surface area contributed by atoms with E-state index in [2.05, 4.69) is 26.1 Å². The van der Waals surface area contributed by atoms with Crippen LogP contribution in [0.1, 0.15) is 59.3 Å². The van der Waals surface area contributed by atoms with Crippen molar-refractivity contribution in [3.8, 4) is 0 Å². The third-order valence-corrected chi connectivity index (χ3v) is 4.19. The Morgan fingerprint density at radius 3 is 2.71 bits per heavy atom. The molecule has 1 aliphatic carbocycles. The summed E-state index contributed by atoms with van der Waals surface area (Å²) in [5.74, 6) is 1.78. The maximum absolute atomic E-state index is 5.44. The summed E-state index contributed by atoms with van der Waals surface area (Å²) in [6.07, 6.45) is 8.41. The predicted octanol–water partition coefficient (Wildman–Crippen LogP) is 3.61. The van der Waals surface area contributed by atoms with Crippen molar-refractivity contribution in [2.45, 2.75) is 71.4 Å². The molecule has 0 bridgehead atoms. The van der Waals surface area contributed by atoms with Gasteiger partial charge in [0.15, 0.2) is 0 Å². The van der Waals surface area contributed by atoms with E-state index < -0.39 is 0 Å². The van der Waals surface area contributed by atoms with Crippen molar-refractivity contribution in [3.63, 3.8) is 0 Å². The molecule has 0 aromatic carbocycles. The van der Waals surface area contributed by atoms with Crippen LogP contribution in [0.15, 0.2) is 0 Å². The Morgan fingerprint density at radius 2 is 2.12 bits per heavy atom. The van der Waals surface area contributed by atoms with Crippen LogP contribution in [0, 0.1) is 11.8 Å². The molecule has 2 heteroatoms. The van der Waals surface area contributed by atoms with Crippen molar-refractivity contribution in [2.75, 3.05) is 13.7 Å². The van der Waals surface area contributed by atoms with Gasteiger partial charge in [-0.25, -0.2) is 0 Å². The van der Waals surface area contributed by atoms with Gasteiger partial charge in [0.1, 0.15) is 0 Å². The van der Waals surface area contributed by atoms with E-state index in [1.807, 2.05) is 7.11 Å². The van der Waals surface area contributed by atoms with E-state index >= 15 is 0 Å². The summed E-state index contributed by atoms with van der Waals surface area (Å²) in [4.78, 5) is 0. The van der Waals surface area contributed by atoms with Crippen LogP contribution in [0.3, 0.4) is 0 Å². The Hall–Kier alpha value is -0.0800. The van der Waals surface area contributed by atoms with Crippen LogP contribution in [0.25, 0.3) is 0 Å². The monoisotopic (exact) mass is 241 g/mol. The van der Waals surface area contributed by atoms with Crippen molar-refractivity contribution in [1.29, 1.82) is 0 Å². The molecule has 2 nitrogen and oxygen atoms in total. The molecule has 0 aromatic rings. The number of methoxy groups -OCH3 is 1. The summed E-state index contributed by atoms with van der Waals surface area (Å²) in [6, 6.07) is 0.660. The van der Waals surface area contributed by atoms with Gasteiger partial charge < -0.3 is 10.1 Å². The Kier molecular flexibility index (Phi) is 7.14. The second-order valence-electron chi connectivity index (χ2n) is 5.87. The lowest BCUT2D eigenvalue weighted by Crippen LogP contribution is -2.41. The van der Waals surface area contributed by atoms with Crippen molar-refractivity contribution in [3.05, 3.63) is 0 Å². The first-order valence-electron chi connectivity index (χ1n) is 7.43. The smallest absolute Gasteiger partial charge is 0.0558 e. The summed E-state index contributed by atoms with van der Waals surface area (Å²) in [7, 11) is 1.82. The lowest BCUT2D eigenvalue weighted by Gasteiger charge is -2.35. The van der Waals surface area contributed by atoms with Gasteiger partial charge in [0.05, 0.1) is 6.10 Å². The fourth-order valence-corrected chi connectivity index (χ4v) is 3.07. The van der Waals surface area contributed by atoms with Gasteiger partial charge >= 0.3 is 0 Å². The molecule has 17 heavy (non-hydrogen) atoms. The number of nitrogens with one attached hydrogen (secondary N) is 1. The highest BCUT2D eigenvalue weighted by Crippen LogP contribution is 2.32. The molecule has 4 unspecified atom stereocenters. The van der Waals surface area contributed by atoms with Crippen LogP contribution in [0.2, 0.25) is 0 Å².